The van der Waals surface area contributed by atoms with Crippen LogP contribution in [0.5, 0.6) is 0 Å². The molecule has 2 fully saturated rings. The van der Waals surface area contributed by atoms with Crippen molar-refractivity contribution in [3.8, 4) is 0 Å². The molecule has 1 N–H and O–H groups in total. The molecule has 26 heavy (non-hydrogen) atoms. The summed E-state index contributed by atoms with van der Waals surface area (Å²) >= 11 is 0. The molecule has 1 unspecified atom stereocenters. The molecule has 1 aromatic rings. The van der Waals surface area contributed by atoms with Crippen LogP contribution >= 0.6 is 0 Å². The number of nitrogens with one attached hydrogen (secondary N) is 1. The summed E-state index contributed by atoms with van der Waals surface area (Å²) in [7, 11) is 0. The first kappa shape index (κ1) is 18.4. The maximum atomic E-state index is 12.4. The molecule has 1 aromatic carbocycles. The van der Waals surface area contributed by atoms with E-state index in [0.717, 1.165) is 24.2 Å². The molecule has 0 spiro atoms. The van der Waals surface area contributed by atoms with Gasteiger partial charge in [-0.2, -0.15) is 0 Å². The number of likely N-dealkylation sites (tertiary alicyclic amines) is 1. The van der Waals surface area contributed by atoms with Crippen LogP contribution in [0.3, 0.4) is 0 Å². The minimum absolute atomic E-state index is 0.0633. The molecule has 3 rings (SSSR count). The summed E-state index contributed by atoms with van der Waals surface area (Å²) < 4.78 is 0. The first-order valence-electron chi connectivity index (χ1n) is 9.39. The Hall–Kier alpha value is -2.37. The Morgan fingerprint density at radius 1 is 1.27 bits per heavy atom. The zero-order valence-electron chi connectivity index (χ0n) is 15.5. The van der Waals surface area contributed by atoms with Crippen molar-refractivity contribution in [1.82, 2.24) is 10.2 Å². The van der Waals surface area contributed by atoms with E-state index in [1.807, 2.05) is 24.3 Å². The summed E-state index contributed by atoms with van der Waals surface area (Å²) in [5, 5.41) is 2.94. The quantitative estimate of drug-likeness (QED) is 0.846. The second-order valence-electron chi connectivity index (χ2n) is 7.63. The van der Waals surface area contributed by atoms with Crippen molar-refractivity contribution >= 4 is 23.4 Å². The monoisotopic (exact) mass is 357 g/mol. The molecule has 3 amide bonds. The van der Waals surface area contributed by atoms with Gasteiger partial charge in [0.05, 0.1) is 5.92 Å². The van der Waals surface area contributed by atoms with Crippen molar-refractivity contribution in [2.24, 2.45) is 11.8 Å². The first-order valence-corrected chi connectivity index (χ1v) is 9.39. The molecule has 1 atom stereocenters. The predicted molar refractivity (Wildman–Crippen MR) is 99.4 cm³/mol. The molecule has 6 heteroatoms. The van der Waals surface area contributed by atoms with Crippen molar-refractivity contribution in [2.45, 2.75) is 39.7 Å². The van der Waals surface area contributed by atoms with E-state index in [1.54, 1.807) is 9.80 Å². The normalized spacial score (nSPS) is 20.3. The van der Waals surface area contributed by atoms with E-state index < -0.39 is 0 Å². The lowest BCUT2D eigenvalue weighted by Crippen LogP contribution is -2.33. The van der Waals surface area contributed by atoms with Crippen LogP contribution in [0.1, 0.15) is 38.7 Å². The van der Waals surface area contributed by atoms with Gasteiger partial charge in [0.15, 0.2) is 0 Å². The van der Waals surface area contributed by atoms with Crippen LogP contribution in [-0.2, 0) is 20.9 Å². The van der Waals surface area contributed by atoms with E-state index in [0.29, 0.717) is 38.4 Å². The number of anilines is 1. The average molecular weight is 357 g/mol. The number of hydrogen-bond donors (Lipinski definition) is 1. The number of rotatable bonds is 6. The van der Waals surface area contributed by atoms with Gasteiger partial charge in [0.1, 0.15) is 0 Å². The zero-order valence-corrected chi connectivity index (χ0v) is 15.5. The van der Waals surface area contributed by atoms with Crippen LogP contribution in [0.25, 0.3) is 0 Å². The number of amides is 3. The molecule has 2 aliphatic rings. The van der Waals surface area contributed by atoms with Crippen molar-refractivity contribution in [3.05, 3.63) is 29.8 Å². The molecule has 0 radical (unpaired) electrons. The SMILES string of the molecule is CC(C)CN1CC(C(=O)NCc2cccc(N3CCCC3=O)c2)CC1=O. The fraction of sp³-hybridized carbons (Fsp3) is 0.550. The first-order chi connectivity index (χ1) is 12.4. The number of carbonyl (C=O) groups excluding carboxylic acids is 3. The van der Waals surface area contributed by atoms with Crippen LogP contribution in [0.2, 0.25) is 0 Å². The molecule has 2 heterocycles. The van der Waals surface area contributed by atoms with Crippen molar-refractivity contribution in [2.75, 3.05) is 24.5 Å². The maximum absolute atomic E-state index is 12.4. The van der Waals surface area contributed by atoms with E-state index in [1.165, 1.54) is 0 Å². The van der Waals surface area contributed by atoms with E-state index in [2.05, 4.69) is 19.2 Å². The number of benzene rings is 1. The molecule has 2 saturated heterocycles. The van der Waals surface area contributed by atoms with E-state index >= 15 is 0 Å². The summed E-state index contributed by atoms with van der Waals surface area (Å²) in [6.07, 6.45) is 1.78. The second-order valence-corrected chi connectivity index (χ2v) is 7.63. The molecule has 0 aromatic heterocycles. The second kappa shape index (κ2) is 7.89. The Kier molecular flexibility index (Phi) is 5.59. The molecule has 0 aliphatic carbocycles. The lowest BCUT2D eigenvalue weighted by atomic mass is 10.1. The van der Waals surface area contributed by atoms with E-state index in [-0.39, 0.29) is 23.6 Å². The van der Waals surface area contributed by atoms with E-state index in [4.69, 9.17) is 0 Å². The highest BCUT2D eigenvalue weighted by Crippen LogP contribution is 2.23. The van der Waals surface area contributed by atoms with Gasteiger partial charge in [0.25, 0.3) is 0 Å². The van der Waals surface area contributed by atoms with Crippen molar-refractivity contribution in [1.29, 1.82) is 0 Å². The van der Waals surface area contributed by atoms with Gasteiger partial charge in [-0.3, -0.25) is 14.4 Å². The summed E-state index contributed by atoms with van der Waals surface area (Å²) in [4.78, 5) is 39.9. The predicted octanol–water partition coefficient (Wildman–Crippen LogP) is 1.93. The highest BCUT2D eigenvalue weighted by Gasteiger charge is 2.34. The highest BCUT2D eigenvalue weighted by molar-refractivity contribution is 5.95. The zero-order chi connectivity index (χ0) is 18.7. The van der Waals surface area contributed by atoms with Gasteiger partial charge in [-0.05, 0) is 30.0 Å². The molecule has 0 saturated carbocycles. The Morgan fingerprint density at radius 2 is 2.08 bits per heavy atom. The summed E-state index contributed by atoms with van der Waals surface area (Å²) in [6, 6.07) is 7.73. The smallest absolute Gasteiger partial charge is 0.227 e. The molecule has 0 bridgehead atoms. The third-order valence-electron chi connectivity index (χ3n) is 4.93. The van der Waals surface area contributed by atoms with Crippen molar-refractivity contribution in [3.63, 3.8) is 0 Å². The summed E-state index contributed by atoms with van der Waals surface area (Å²) in [5.41, 5.74) is 1.84. The average Bonchev–Trinajstić information content (AvgIpc) is 3.19. The molecule has 2 aliphatic heterocycles. The van der Waals surface area contributed by atoms with Crippen LogP contribution in [0.4, 0.5) is 5.69 Å². The summed E-state index contributed by atoms with van der Waals surface area (Å²) in [5.74, 6) is 0.267. The van der Waals surface area contributed by atoms with Gasteiger partial charge in [-0.15, -0.1) is 0 Å². The molecular formula is C20H27N3O3. The van der Waals surface area contributed by atoms with Crippen molar-refractivity contribution < 1.29 is 14.4 Å². The number of hydrogen-bond acceptors (Lipinski definition) is 3. The summed E-state index contributed by atoms with van der Waals surface area (Å²) in [6.45, 7) is 6.51. The number of nitrogens with zero attached hydrogens (tertiary/aromatic N) is 2. The van der Waals surface area contributed by atoms with Gasteiger partial charge in [-0.1, -0.05) is 26.0 Å². The molecular weight excluding hydrogens is 330 g/mol. The fourth-order valence-electron chi connectivity index (χ4n) is 3.65. The highest BCUT2D eigenvalue weighted by atomic mass is 16.2. The van der Waals surface area contributed by atoms with E-state index in [9.17, 15) is 14.4 Å². The lowest BCUT2D eigenvalue weighted by molar-refractivity contribution is -0.129. The van der Waals surface area contributed by atoms with Gasteiger partial charge < -0.3 is 15.1 Å². The third kappa shape index (κ3) is 4.23. The number of carbonyl (C=O) groups is 3. The Morgan fingerprint density at radius 3 is 2.77 bits per heavy atom. The Bertz CT molecular complexity index is 701. The third-order valence-corrected chi connectivity index (χ3v) is 4.93. The largest absolute Gasteiger partial charge is 0.352 e. The van der Waals surface area contributed by atoms with Gasteiger partial charge in [0, 0.05) is 44.7 Å². The maximum Gasteiger partial charge on any atom is 0.227 e. The lowest BCUT2D eigenvalue weighted by Gasteiger charge is -2.19. The Balaban J connectivity index is 1.55. The van der Waals surface area contributed by atoms with Crippen LogP contribution in [0, 0.1) is 11.8 Å². The van der Waals surface area contributed by atoms with Gasteiger partial charge in [-0.25, -0.2) is 0 Å². The van der Waals surface area contributed by atoms with Crippen LogP contribution in [-0.4, -0.2) is 42.3 Å². The van der Waals surface area contributed by atoms with Crippen LogP contribution in [0.15, 0.2) is 24.3 Å². The fourth-order valence-corrected chi connectivity index (χ4v) is 3.65. The standard InChI is InChI=1S/C20H27N3O3/c1-14(2)12-22-13-16(10-19(22)25)20(26)21-11-15-5-3-6-17(9-15)23-8-4-7-18(23)24/h3,5-6,9,14,16H,4,7-8,10-13H2,1-2H3,(H,21,26). The Labute approximate surface area is 154 Å². The van der Waals surface area contributed by atoms with Crippen LogP contribution < -0.4 is 10.2 Å². The topological polar surface area (TPSA) is 69.7 Å². The molecule has 6 nitrogen and oxygen atoms in total. The minimum atomic E-state index is -0.274. The van der Waals surface area contributed by atoms with Gasteiger partial charge >= 0.3 is 0 Å². The minimum Gasteiger partial charge on any atom is -0.352 e. The molecule has 140 valence electrons. The van der Waals surface area contributed by atoms with Gasteiger partial charge in [0.2, 0.25) is 17.7 Å².